The summed E-state index contributed by atoms with van der Waals surface area (Å²) in [4.78, 5) is 26.8. The Morgan fingerprint density at radius 1 is 1.46 bits per heavy atom. The molecule has 0 bridgehead atoms. The van der Waals surface area contributed by atoms with Crippen LogP contribution in [0.15, 0.2) is 6.20 Å². The van der Waals surface area contributed by atoms with E-state index in [1.54, 1.807) is 7.05 Å². The molecular formula is C17H25N7O2. The Labute approximate surface area is 152 Å². The van der Waals surface area contributed by atoms with Gasteiger partial charge >= 0.3 is 0 Å². The molecule has 9 heteroatoms. The van der Waals surface area contributed by atoms with Gasteiger partial charge in [0, 0.05) is 31.9 Å². The van der Waals surface area contributed by atoms with Gasteiger partial charge in [0.25, 0.3) is 11.8 Å². The summed E-state index contributed by atoms with van der Waals surface area (Å²) < 4.78 is 3.37. The van der Waals surface area contributed by atoms with Crippen molar-refractivity contribution in [3.63, 3.8) is 0 Å². The van der Waals surface area contributed by atoms with E-state index in [0.717, 1.165) is 17.8 Å². The molecule has 9 nitrogen and oxygen atoms in total. The lowest BCUT2D eigenvalue weighted by Crippen LogP contribution is -2.48. The van der Waals surface area contributed by atoms with Crippen molar-refractivity contribution in [1.82, 2.24) is 35.0 Å². The van der Waals surface area contributed by atoms with E-state index in [0.29, 0.717) is 13.1 Å². The molecule has 0 radical (unpaired) electrons. The summed E-state index contributed by atoms with van der Waals surface area (Å²) in [6.45, 7) is 9.68. The number of hydrogen-bond acceptors (Lipinski definition) is 5. The number of nitrogens with one attached hydrogen (secondary N) is 1. The Kier molecular flexibility index (Phi) is 4.80. The first kappa shape index (κ1) is 18.1. The van der Waals surface area contributed by atoms with Crippen LogP contribution in [-0.4, -0.2) is 54.6 Å². The van der Waals surface area contributed by atoms with E-state index in [1.807, 2.05) is 38.6 Å². The standard InChI is InChI=1S/C17H25N7O2/c1-6-23-8-12(11(4)20-23)7-22(5)17(26)14-15-16(25)18-13(10(2)3)9-24(15)21-19-14/h8,10,13H,6-7,9H2,1-5H3,(H,18,25)/t13-/m1/s1. The van der Waals surface area contributed by atoms with E-state index in [4.69, 9.17) is 0 Å². The molecule has 0 spiro atoms. The molecule has 26 heavy (non-hydrogen) atoms. The van der Waals surface area contributed by atoms with Crippen LogP contribution in [-0.2, 0) is 19.6 Å². The van der Waals surface area contributed by atoms with Crippen molar-refractivity contribution < 1.29 is 9.59 Å². The number of aryl methyl sites for hydroxylation is 2. The maximum Gasteiger partial charge on any atom is 0.276 e. The van der Waals surface area contributed by atoms with Gasteiger partial charge in [-0.15, -0.1) is 5.10 Å². The summed E-state index contributed by atoms with van der Waals surface area (Å²) in [6.07, 6.45) is 1.93. The summed E-state index contributed by atoms with van der Waals surface area (Å²) in [6, 6.07) is -0.0140. The first-order valence-corrected chi connectivity index (χ1v) is 8.84. The van der Waals surface area contributed by atoms with Crippen molar-refractivity contribution >= 4 is 11.8 Å². The number of carbonyl (C=O) groups is 2. The highest BCUT2D eigenvalue weighted by Gasteiger charge is 2.34. The lowest BCUT2D eigenvalue weighted by atomic mass is 10.0. The molecule has 2 aromatic rings. The van der Waals surface area contributed by atoms with Gasteiger partial charge in [0.2, 0.25) is 0 Å². The van der Waals surface area contributed by atoms with Gasteiger partial charge in [0.15, 0.2) is 11.4 Å². The number of carbonyl (C=O) groups excluding carboxylic acids is 2. The second-order valence-corrected chi connectivity index (χ2v) is 7.05. The van der Waals surface area contributed by atoms with Gasteiger partial charge in [0.1, 0.15) is 0 Å². The van der Waals surface area contributed by atoms with Crippen molar-refractivity contribution in [3.8, 4) is 0 Å². The molecule has 0 saturated carbocycles. The minimum absolute atomic E-state index is 0.0140. The summed E-state index contributed by atoms with van der Waals surface area (Å²) in [5.41, 5.74) is 2.18. The van der Waals surface area contributed by atoms with Gasteiger partial charge in [-0.05, 0) is 19.8 Å². The highest BCUT2D eigenvalue weighted by Crippen LogP contribution is 2.18. The molecule has 3 heterocycles. The predicted octanol–water partition coefficient (Wildman–Crippen LogP) is 0.843. The van der Waals surface area contributed by atoms with E-state index in [2.05, 4.69) is 20.7 Å². The molecule has 0 saturated heterocycles. The Morgan fingerprint density at radius 3 is 2.81 bits per heavy atom. The second kappa shape index (κ2) is 6.89. The second-order valence-electron chi connectivity index (χ2n) is 7.05. The van der Waals surface area contributed by atoms with Crippen LogP contribution in [0.3, 0.4) is 0 Å². The predicted molar refractivity (Wildman–Crippen MR) is 94.5 cm³/mol. The fourth-order valence-electron chi connectivity index (χ4n) is 3.04. The Bertz CT molecular complexity index is 836. The summed E-state index contributed by atoms with van der Waals surface area (Å²) in [5.74, 6) is -0.351. The Balaban J connectivity index is 1.80. The summed E-state index contributed by atoms with van der Waals surface area (Å²) >= 11 is 0. The molecule has 2 aromatic heterocycles. The normalized spacial score (nSPS) is 16.5. The Morgan fingerprint density at radius 2 is 2.19 bits per heavy atom. The summed E-state index contributed by atoms with van der Waals surface area (Å²) in [5, 5.41) is 15.3. The molecule has 0 aromatic carbocycles. The highest BCUT2D eigenvalue weighted by atomic mass is 16.2. The monoisotopic (exact) mass is 359 g/mol. The molecule has 2 amide bonds. The SMILES string of the molecule is CCn1cc(CN(C)C(=O)c2nnn3c2C(=O)N[C@@H](C(C)C)C3)c(C)n1. The molecule has 140 valence electrons. The lowest BCUT2D eigenvalue weighted by molar-refractivity contribution is 0.0765. The van der Waals surface area contributed by atoms with Gasteiger partial charge in [0.05, 0.1) is 18.3 Å². The number of fused-ring (bicyclic) bond motifs is 1. The molecule has 0 fully saturated rings. The van der Waals surface area contributed by atoms with E-state index >= 15 is 0 Å². The average molecular weight is 359 g/mol. The highest BCUT2D eigenvalue weighted by molar-refractivity contribution is 6.05. The van der Waals surface area contributed by atoms with Crippen LogP contribution in [0.4, 0.5) is 0 Å². The molecular weight excluding hydrogens is 334 g/mol. The molecule has 1 aliphatic heterocycles. The van der Waals surface area contributed by atoms with Crippen LogP contribution >= 0.6 is 0 Å². The van der Waals surface area contributed by atoms with E-state index in [-0.39, 0.29) is 35.2 Å². The number of nitrogens with zero attached hydrogens (tertiary/aromatic N) is 6. The number of aromatic nitrogens is 5. The fraction of sp³-hybridized carbons (Fsp3) is 0.588. The minimum atomic E-state index is -0.326. The Hall–Kier alpha value is -2.71. The van der Waals surface area contributed by atoms with Crippen LogP contribution in [0.1, 0.15) is 53.0 Å². The third-order valence-corrected chi connectivity index (χ3v) is 4.77. The van der Waals surface area contributed by atoms with E-state index in [1.165, 1.54) is 9.58 Å². The smallest absolute Gasteiger partial charge is 0.276 e. The maximum atomic E-state index is 12.8. The quantitative estimate of drug-likeness (QED) is 0.853. The van der Waals surface area contributed by atoms with Crippen molar-refractivity contribution in [2.45, 2.75) is 53.4 Å². The number of rotatable bonds is 5. The van der Waals surface area contributed by atoms with Crippen molar-refractivity contribution in [2.75, 3.05) is 7.05 Å². The first-order chi connectivity index (χ1) is 12.3. The van der Waals surface area contributed by atoms with E-state index < -0.39 is 0 Å². The number of amides is 2. The van der Waals surface area contributed by atoms with E-state index in [9.17, 15) is 9.59 Å². The maximum absolute atomic E-state index is 12.8. The van der Waals surface area contributed by atoms with Crippen LogP contribution in [0.25, 0.3) is 0 Å². The fourth-order valence-corrected chi connectivity index (χ4v) is 3.04. The molecule has 0 unspecified atom stereocenters. The molecule has 1 N–H and O–H groups in total. The van der Waals surface area contributed by atoms with Crippen LogP contribution in [0.2, 0.25) is 0 Å². The van der Waals surface area contributed by atoms with Crippen LogP contribution in [0, 0.1) is 12.8 Å². The van der Waals surface area contributed by atoms with Crippen LogP contribution in [0.5, 0.6) is 0 Å². The van der Waals surface area contributed by atoms with Crippen LogP contribution < -0.4 is 5.32 Å². The topological polar surface area (TPSA) is 97.9 Å². The van der Waals surface area contributed by atoms with Gasteiger partial charge in [-0.25, -0.2) is 4.68 Å². The van der Waals surface area contributed by atoms with Gasteiger partial charge in [-0.2, -0.15) is 5.10 Å². The van der Waals surface area contributed by atoms with Gasteiger partial charge in [-0.3, -0.25) is 14.3 Å². The molecule has 1 atom stereocenters. The number of hydrogen-bond donors (Lipinski definition) is 1. The van der Waals surface area contributed by atoms with Crippen molar-refractivity contribution in [2.24, 2.45) is 5.92 Å². The van der Waals surface area contributed by atoms with Gasteiger partial charge < -0.3 is 10.2 Å². The molecule has 3 rings (SSSR count). The van der Waals surface area contributed by atoms with Crippen molar-refractivity contribution in [1.29, 1.82) is 0 Å². The largest absolute Gasteiger partial charge is 0.346 e. The third kappa shape index (κ3) is 3.21. The molecule has 0 aliphatic carbocycles. The van der Waals surface area contributed by atoms with Crippen molar-refractivity contribution in [3.05, 3.63) is 28.8 Å². The minimum Gasteiger partial charge on any atom is -0.346 e. The average Bonchev–Trinajstić information content (AvgIpc) is 3.18. The zero-order valence-electron chi connectivity index (χ0n) is 15.9. The molecule has 1 aliphatic rings. The summed E-state index contributed by atoms with van der Waals surface area (Å²) in [7, 11) is 1.69. The van der Waals surface area contributed by atoms with Gasteiger partial charge in [-0.1, -0.05) is 19.1 Å². The third-order valence-electron chi connectivity index (χ3n) is 4.77. The lowest BCUT2D eigenvalue weighted by Gasteiger charge is -2.27. The first-order valence-electron chi connectivity index (χ1n) is 8.84. The zero-order chi connectivity index (χ0) is 19.0. The zero-order valence-corrected chi connectivity index (χ0v) is 15.9.